The summed E-state index contributed by atoms with van der Waals surface area (Å²) in [5.41, 5.74) is 4.52. The van der Waals surface area contributed by atoms with E-state index in [2.05, 4.69) is 17.4 Å². The van der Waals surface area contributed by atoms with Gasteiger partial charge in [0.05, 0.1) is 19.1 Å². The lowest BCUT2D eigenvalue weighted by atomic mass is 9.98. The van der Waals surface area contributed by atoms with Gasteiger partial charge in [-0.05, 0) is 22.3 Å². The smallest absolute Gasteiger partial charge is 0.407 e. The molecule has 1 unspecified atom stereocenters. The molecule has 3 N–H and O–H groups in total. The number of benzene rings is 2. The van der Waals surface area contributed by atoms with Crippen LogP contribution in [-0.4, -0.2) is 90.0 Å². The highest BCUT2D eigenvalue weighted by Crippen LogP contribution is 2.44. The number of hydrogen-bond donors (Lipinski definition) is 3. The van der Waals surface area contributed by atoms with Crippen LogP contribution in [0.3, 0.4) is 0 Å². The summed E-state index contributed by atoms with van der Waals surface area (Å²) in [6.45, 7) is 1.82. The van der Waals surface area contributed by atoms with Crippen molar-refractivity contribution in [1.82, 2.24) is 15.1 Å². The molecule has 0 bridgehead atoms. The van der Waals surface area contributed by atoms with Crippen LogP contribution in [0.5, 0.6) is 0 Å². The molecule has 1 heterocycles. The highest BCUT2D eigenvalue weighted by Gasteiger charge is 2.29. The number of hydrogen-bond acceptors (Lipinski definition) is 6. The number of carbonyl (C=O) groups is 3. The molecule has 1 atom stereocenters. The fraction of sp³-hybridized carbons (Fsp3) is 0.400. The van der Waals surface area contributed by atoms with Crippen molar-refractivity contribution < 1.29 is 29.3 Å². The molecule has 180 valence electrons. The van der Waals surface area contributed by atoms with E-state index in [-0.39, 0.29) is 37.9 Å². The highest BCUT2D eigenvalue weighted by molar-refractivity contribution is 5.79. The fourth-order valence-corrected chi connectivity index (χ4v) is 4.60. The minimum atomic E-state index is -1.04. The van der Waals surface area contributed by atoms with Gasteiger partial charge >= 0.3 is 12.1 Å². The van der Waals surface area contributed by atoms with Gasteiger partial charge in [0.2, 0.25) is 5.91 Å². The van der Waals surface area contributed by atoms with Crippen LogP contribution < -0.4 is 5.32 Å². The maximum atomic E-state index is 12.4. The van der Waals surface area contributed by atoms with Gasteiger partial charge in [-0.2, -0.15) is 0 Å². The third kappa shape index (κ3) is 5.55. The topological polar surface area (TPSA) is 119 Å². The lowest BCUT2D eigenvalue weighted by Gasteiger charge is -2.34. The monoisotopic (exact) mass is 467 g/mol. The number of carbonyl (C=O) groups excluding carboxylic acids is 2. The quantitative estimate of drug-likeness (QED) is 0.538. The van der Waals surface area contributed by atoms with Crippen LogP contribution in [0.15, 0.2) is 48.5 Å². The predicted molar refractivity (Wildman–Crippen MR) is 124 cm³/mol. The first kappa shape index (κ1) is 23.7. The summed E-state index contributed by atoms with van der Waals surface area (Å²) >= 11 is 0. The molecule has 2 aliphatic rings. The van der Waals surface area contributed by atoms with Crippen LogP contribution in [0, 0.1) is 0 Å². The Labute approximate surface area is 197 Å². The number of rotatable bonds is 8. The molecule has 0 aromatic heterocycles. The van der Waals surface area contributed by atoms with E-state index in [0.29, 0.717) is 26.2 Å². The molecule has 2 amide bonds. The van der Waals surface area contributed by atoms with Crippen molar-refractivity contribution in [3.8, 4) is 11.1 Å². The summed E-state index contributed by atoms with van der Waals surface area (Å²) in [7, 11) is 0. The van der Waals surface area contributed by atoms with Gasteiger partial charge in [0.1, 0.15) is 6.61 Å². The van der Waals surface area contributed by atoms with Crippen molar-refractivity contribution in [3.63, 3.8) is 0 Å². The first-order chi connectivity index (χ1) is 16.4. The Kier molecular flexibility index (Phi) is 7.44. The first-order valence-corrected chi connectivity index (χ1v) is 11.4. The van der Waals surface area contributed by atoms with Crippen LogP contribution in [0.4, 0.5) is 4.79 Å². The molecule has 0 saturated carbocycles. The number of amides is 2. The van der Waals surface area contributed by atoms with Crippen molar-refractivity contribution in [1.29, 1.82) is 0 Å². The summed E-state index contributed by atoms with van der Waals surface area (Å²) in [4.78, 5) is 38.8. The standard InChI is InChI=1S/C25H29N3O6/c29-17(13-23(30)28-11-9-27(10-12-28)15-24(31)32)14-26-25(33)34-16-22-20-7-3-1-5-18(20)19-6-2-4-8-21(19)22/h1-8,17,22,29H,9-16H2,(H,26,33)(H,31,32). The number of aliphatic carboxylic acids is 1. The van der Waals surface area contributed by atoms with E-state index >= 15 is 0 Å². The summed E-state index contributed by atoms with van der Waals surface area (Å²) in [6, 6.07) is 16.1. The number of alkyl carbamates (subject to hydrolysis) is 1. The molecule has 2 aromatic rings. The Morgan fingerprint density at radius 3 is 2.15 bits per heavy atom. The number of aliphatic hydroxyl groups is 1. The van der Waals surface area contributed by atoms with E-state index in [1.807, 2.05) is 36.4 Å². The molecule has 9 heteroatoms. The number of piperazine rings is 1. The van der Waals surface area contributed by atoms with Crippen LogP contribution in [-0.2, 0) is 14.3 Å². The second-order valence-corrected chi connectivity index (χ2v) is 8.62. The maximum absolute atomic E-state index is 12.4. The van der Waals surface area contributed by atoms with Gasteiger partial charge in [-0.3, -0.25) is 14.5 Å². The Bertz CT molecular complexity index is 1000. The summed E-state index contributed by atoms with van der Waals surface area (Å²) < 4.78 is 5.44. The molecule has 0 radical (unpaired) electrons. The number of fused-ring (bicyclic) bond motifs is 3. The van der Waals surface area contributed by atoms with Gasteiger partial charge in [0.25, 0.3) is 0 Å². The Morgan fingerprint density at radius 2 is 1.56 bits per heavy atom. The van der Waals surface area contributed by atoms with Gasteiger partial charge in [-0.15, -0.1) is 0 Å². The molecule has 1 aliphatic heterocycles. The Hall–Kier alpha value is -3.43. The van der Waals surface area contributed by atoms with Crippen molar-refractivity contribution in [2.75, 3.05) is 45.9 Å². The van der Waals surface area contributed by atoms with Gasteiger partial charge in [-0.25, -0.2) is 4.79 Å². The number of carboxylic acid groups (broad SMARTS) is 1. The molecule has 1 saturated heterocycles. The minimum Gasteiger partial charge on any atom is -0.480 e. The molecule has 4 rings (SSSR count). The summed E-state index contributed by atoms with van der Waals surface area (Å²) in [5, 5.41) is 21.6. The molecule has 2 aromatic carbocycles. The molecule has 34 heavy (non-hydrogen) atoms. The zero-order chi connectivity index (χ0) is 24.1. The van der Waals surface area contributed by atoms with Crippen molar-refractivity contribution in [2.45, 2.75) is 18.4 Å². The average Bonchev–Trinajstić information content (AvgIpc) is 3.15. The number of nitrogens with zero attached hydrogens (tertiary/aromatic N) is 2. The van der Waals surface area contributed by atoms with Crippen LogP contribution in [0.2, 0.25) is 0 Å². The summed E-state index contributed by atoms with van der Waals surface area (Å²) in [6.07, 6.45) is -1.80. The van der Waals surface area contributed by atoms with Crippen molar-refractivity contribution >= 4 is 18.0 Å². The zero-order valence-corrected chi connectivity index (χ0v) is 18.9. The van der Waals surface area contributed by atoms with Gasteiger partial charge in [0, 0.05) is 38.6 Å². The van der Waals surface area contributed by atoms with Crippen LogP contribution in [0.25, 0.3) is 11.1 Å². The molecule has 1 aliphatic carbocycles. The molecular formula is C25H29N3O6. The SMILES string of the molecule is O=C(O)CN1CCN(C(=O)CC(O)CNC(=O)OCC2c3ccccc3-c3ccccc32)CC1. The van der Waals surface area contributed by atoms with E-state index in [1.165, 1.54) is 0 Å². The Balaban J connectivity index is 1.20. The second kappa shape index (κ2) is 10.7. The normalized spacial score (nSPS) is 16.4. The maximum Gasteiger partial charge on any atom is 0.407 e. The van der Waals surface area contributed by atoms with E-state index in [0.717, 1.165) is 22.3 Å². The lowest BCUT2D eigenvalue weighted by Crippen LogP contribution is -2.50. The number of carboxylic acids is 1. The largest absolute Gasteiger partial charge is 0.480 e. The third-order valence-electron chi connectivity index (χ3n) is 6.32. The van der Waals surface area contributed by atoms with Crippen molar-refractivity contribution in [3.05, 3.63) is 59.7 Å². The highest BCUT2D eigenvalue weighted by atomic mass is 16.5. The van der Waals surface area contributed by atoms with Gasteiger partial charge in [-0.1, -0.05) is 48.5 Å². The van der Waals surface area contributed by atoms with E-state index in [9.17, 15) is 19.5 Å². The van der Waals surface area contributed by atoms with Crippen LogP contribution >= 0.6 is 0 Å². The molecule has 1 fully saturated rings. The summed E-state index contributed by atoms with van der Waals surface area (Å²) in [5.74, 6) is -1.17. The van der Waals surface area contributed by atoms with E-state index in [4.69, 9.17) is 9.84 Å². The van der Waals surface area contributed by atoms with Crippen LogP contribution in [0.1, 0.15) is 23.5 Å². The minimum absolute atomic E-state index is 0.0469. The molecular weight excluding hydrogens is 438 g/mol. The Morgan fingerprint density at radius 1 is 0.971 bits per heavy atom. The molecule has 0 spiro atoms. The van der Waals surface area contributed by atoms with Crippen molar-refractivity contribution in [2.24, 2.45) is 0 Å². The second-order valence-electron chi connectivity index (χ2n) is 8.62. The zero-order valence-electron chi connectivity index (χ0n) is 18.9. The number of nitrogens with one attached hydrogen (secondary N) is 1. The predicted octanol–water partition coefficient (Wildman–Crippen LogP) is 1.50. The third-order valence-corrected chi connectivity index (χ3v) is 6.32. The molecule has 9 nitrogen and oxygen atoms in total. The van der Waals surface area contributed by atoms with Gasteiger partial charge in [0.15, 0.2) is 0 Å². The fourth-order valence-electron chi connectivity index (χ4n) is 4.60. The number of aliphatic hydroxyl groups excluding tert-OH is 1. The van der Waals surface area contributed by atoms with Gasteiger partial charge < -0.3 is 25.2 Å². The van der Waals surface area contributed by atoms with E-state index in [1.54, 1.807) is 9.80 Å². The lowest BCUT2D eigenvalue weighted by molar-refractivity contribution is -0.139. The average molecular weight is 468 g/mol. The first-order valence-electron chi connectivity index (χ1n) is 11.4. The number of ether oxygens (including phenoxy) is 1. The van der Waals surface area contributed by atoms with E-state index < -0.39 is 18.2 Å².